The molecule has 1 aliphatic heterocycles. The molecule has 1 aliphatic rings. The molecule has 1 atom stereocenters. The maximum absolute atomic E-state index is 13.7. The van der Waals surface area contributed by atoms with Gasteiger partial charge in [-0.15, -0.1) is 5.10 Å². The highest BCUT2D eigenvalue weighted by Crippen LogP contribution is 2.20. The van der Waals surface area contributed by atoms with E-state index in [-0.39, 0.29) is 49.3 Å². The molecule has 0 saturated carbocycles. The van der Waals surface area contributed by atoms with Crippen molar-refractivity contribution in [3.63, 3.8) is 0 Å². The number of pyridine rings is 1. The molecule has 2 bridgehead atoms. The van der Waals surface area contributed by atoms with Crippen LogP contribution in [0.4, 0.5) is 5.82 Å². The SMILES string of the molecule is O=C1CN(C(=O)c2cnnn2-c2ccccc2)CCCCNC(=O)[C@H](Cc2c[nH]c3ccccc23)NC(=O)c2cccc(n2)NCCN1. The van der Waals surface area contributed by atoms with Crippen LogP contribution in [0, 0.1) is 0 Å². The molecule has 6 rings (SSSR count). The predicted molar refractivity (Wildman–Crippen MR) is 178 cm³/mol. The molecule has 0 unspecified atom stereocenters. The monoisotopic (exact) mass is 648 g/mol. The van der Waals surface area contributed by atoms with Crippen molar-refractivity contribution in [2.24, 2.45) is 0 Å². The smallest absolute Gasteiger partial charge is 0.274 e. The number of carbonyl (C=O) groups is 4. The van der Waals surface area contributed by atoms with Gasteiger partial charge in [0.05, 0.1) is 18.4 Å². The van der Waals surface area contributed by atoms with Gasteiger partial charge in [-0.25, -0.2) is 9.67 Å². The number of H-pyrrole nitrogens is 1. The van der Waals surface area contributed by atoms with Crippen molar-refractivity contribution >= 4 is 40.3 Å². The topological polar surface area (TPSA) is 179 Å². The van der Waals surface area contributed by atoms with Crippen LogP contribution in [0.3, 0.4) is 0 Å². The fourth-order valence-electron chi connectivity index (χ4n) is 5.56. The summed E-state index contributed by atoms with van der Waals surface area (Å²) >= 11 is 0. The Balaban J connectivity index is 1.20. The number of aromatic amines is 1. The second kappa shape index (κ2) is 15.0. The van der Waals surface area contributed by atoms with Crippen molar-refractivity contribution in [2.75, 3.05) is 38.0 Å². The third-order valence-electron chi connectivity index (χ3n) is 8.00. The molecule has 3 aromatic heterocycles. The summed E-state index contributed by atoms with van der Waals surface area (Å²) in [4.78, 5) is 62.7. The summed E-state index contributed by atoms with van der Waals surface area (Å²) in [6, 6.07) is 21.0. The van der Waals surface area contributed by atoms with Crippen molar-refractivity contribution in [1.29, 1.82) is 0 Å². The van der Waals surface area contributed by atoms with Crippen molar-refractivity contribution in [1.82, 2.24) is 45.8 Å². The van der Waals surface area contributed by atoms with E-state index in [2.05, 4.69) is 41.5 Å². The Bertz CT molecular complexity index is 1900. The maximum atomic E-state index is 13.7. The lowest BCUT2D eigenvalue weighted by atomic mass is 10.0. The van der Waals surface area contributed by atoms with Gasteiger partial charge in [-0.05, 0) is 48.7 Å². The van der Waals surface area contributed by atoms with Crippen LogP contribution in [-0.4, -0.2) is 92.3 Å². The molecule has 0 aliphatic carbocycles. The maximum Gasteiger partial charge on any atom is 0.274 e. The fraction of sp³-hybridized carbons (Fsp3) is 0.265. The Labute approximate surface area is 276 Å². The quantitative estimate of drug-likeness (QED) is 0.197. The third kappa shape index (κ3) is 7.66. The number of carbonyl (C=O) groups excluding carboxylic acids is 4. The van der Waals surface area contributed by atoms with Gasteiger partial charge < -0.3 is 31.2 Å². The lowest BCUT2D eigenvalue weighted by Crippen LogP contribution is -2.48. The summed E-state index contributed by atoms with van der Waals surface area (Å²) in [6.45, 7) is 0.964. The van der Waals surface area contributed by atoms with Crippen molar-refractivity contribution < 1.29 is 19.2 Å². The first-order valence-electron chi connectivity index (χ1n) is 15.8. The van der Waals surface area contributed by atoms with E-state index in [1.54, 1.807) is 18.2 Å². The van der Waals surface area contributed by atoms with Crippen molar-refractivity contribution in [3.05, 3.63) is 102 Å². The normalized spacial score (nSPS) is 16.9. The van der Waals surface area contributed by atoms with Gasteiger partial charge >= 0.3 is 0 Å². The van der Waals surface area contributed by atoms with Gasteiger partial charge in [0.2, 0.25) is 11.8 Å². The van der Waals surface area contributed by atoms with E-state index in [4.69, 9.17) is 0 Å². The zero-order valence-corrected chi connectivity index (χ0v) is 26.2. The molecule has 0 fully saturated rings. The lowest BCUT2D eigenvalue weighted by molar-refractivity contribution is -0.123. The lowest BCUT2D eigenvalue weighted by Gasteiger charge is -2.22. The molecule has 5 aromatic rings. The Morgan fingerprint density at radius 3 is 2.54 bits per heavy atom. The highest BCUT2D eigenvalue weighted by atomic mass is 16.2. The molecule has 246 valence electrons. The van der Waals surface area contributed by atoms with E-state index in [9.17, 15) is 19.2 Å². The first-order chi connectivity index (χ1) is 23.5. The number of benzene rings is 2. The molecular formula is C34H36N10O4. The Hall–Kier alpha value is -6.05. The number of hydrogen-bond donors (Lipinski definition) is 5. The second-order valence-electron chi connectivity index (χ2n) is 11.4. The number of fused-ring (bicyclic) bond motifs is 3. The molecular weight excluding hydrogens is 612 g/mol. The minimum Gasteiger partial charge on any atom is -0.368 e. The van der Waals surface area contributed by atoms with Crippen LogP contribution >= 0.6 is 0 Å². The van der Waals surface area contributed by atoms with Crippen LogP contribution in [0.15, 0.2) is 85.2 Å². The molecule has 2 aromatic carbocycles. The number of aromatic nitrogens is 5. The number of anilines is 1. The standard InChI is InChI=1S/C34H36N10O4/c45-31-22-43(34(48)29-21-39-42-44(29)24-9-2-1-3-10-24)18-7-6-15-37-32(46)28(19-23-20-38-26-12-5-4-11-25(23)26)41-33(47)27-13-8-14-30(40-27)35-16-17-36-31/h1-5,8-14,20-21,28,38H,6-7,15-19,22H2,(H,35,40)(H,36,45)(H,37,46)(H,41,47)/t28-/m0/s1. The van der Waals surface area contributed by atoms with E-state index >= 15 is 0 Å². The minimum atomic E-state index is -0.872. The highest BCUT2D eigenvalue weighted by Gasteiger charge is 2.25. The summed E-state index contributed by atoms with van der Waals surface area (Å²) in [5.74, 6) is -1.12. The Kier molecular flexibility index (Phi) is 9.99. The summed E-state index contributed by atoms with van der Waals surface area (Å²) in [5.41, 5.74) is 2.87. The van der Waals surface area contributed by atoms with Crippen LogP contribution in [0.1, 0.15) is 39.4 Å². The number of hydrogen-bond acceptors (Lipinski definition) is 8. The molecule has 4 amide bonds. The molecule has 48 heavy (non-hydrogen) atoms. The van der Waals surface area contributed by atoms with Gasteiger partial charge in [-0.2, -0.15) is 0 Å². The second-order valence-corrected chi connectivity index (χ2v) is 11.4. The summed E-state index contributed by atoms with van der Waals surface area (Å²) < 4.78 is 1.45. The largest absolute Gasteiger partial charge is 0.368 e. The van der Waals surface area contributed by atoms with Crippen LogP contribution < -0.4 is 21.3 Å². The van der Waals surface area contributed by atoms with E-state index in [1.165, 1.54) is 15.8 Å². The average molecular weight is 649 g/mol. The molecule has 14 heteroatoms. The minimum absolute atomic E-state index is 0.150. The van der Waals surface area contributed by atoms with Crippen LogP contribution in [0.2, 0.25) is 0 Å². The summed E-state index contributed by atoms with van der Waals surface area (Å²) in [7, 11) is 0. The first-order valence-corrected chi connectivity index (χ1v) is 15.8. The fourth-order valence-corrected chi connectivity index (χ4v) is 5.56. The van der Waals surface area contributed by atoms with E-state index in [0.29, 0.717) is 37.4 Å². The number of nitrogens with one attached hydrogen (secondary N) is 5. The Morgan fingerprint density at radius 2 is 1.67 bits per heavy atom. The number of para-hydroxylation sites is 2. The van der Waals surface area contributed by atoms with E-state index < -0.39 is 17.9 Å². The first kappa shape index (κ1) is 31.9. The van der Waals surface area contributed by atoms with Gasteiger partial charge in [-0.1, -0.05) is 47.7 Å². The average Bonchev–Trinajstić information content (AvgIpc) is 3.77. The molecule has 5 N–H and O–H groups in total. The Morgan fingerprint density at radius 1 is 0.854 bits per heavy atom. The summed E-state index contributed by atoms with van der Waals surface area (Å²) in [5, 5.41) is 20.8. The van der Waals surface area contributed by atoms with E-state index in [1.807, 2.05) is 60.8 Å². The predicted octanol–water partition coefficient (Wildman–Crippen LogP) is 2.07. The van der Waals surface area contributed by atoms with Crippen LogP contribution in [-0.2, 0) is 16.0 Å². The van der Waals surface area contributed by atoms with Crippen LogP contribution in [0.5, 0.6) is 0 Å². The van der Waals surface area contributed by atoms with Crippen LogP contribution in [0.25, 0.3) is 16.6 Å². The molecule has 0 saturated heterocycles. The van der Waals surface area contributed by atoms with Gasteiger partial charge in [0, 0.05) is 49.7 Å². The van der Waals surface area contributed by atoms with Gasteiger partial charge in [0.1, 0.15) is 17.6 Å². The molecule has 4 heterocycles. The molecule has 0 radical (unpaired) electrons. The summed E-state index contributed by atoms with van der Waals surface area (Å²) in [6.07, 6.45) is 4.52. The zero-order valence-electron chi connectivity index (χ0n) is 26.2. The highest BCUT2D eigenvalue weighted by molar-refractivity contribution is 5.97. The molecule has 0 spiro atoms. The van der Waals surface area contributed by atoms with Crippen molar-refractivity contribution in [3.8, 4) is 5.69 Å². The van der Waals surface area contributed by atoms with Gasteiger partial charge in [0.25, 0.3) is 11.8 Å². The molecule has 14 nitrogen and oxygen atoms in total. The van der Waals surface area contributed by atoms with Crippen molar-refractivity contribution in [2.45, 2.75) is 25.3 Å². The number of rotatable bonds is 4. The van der Waals surface area contributed by atoms with Gasteiger partial charge in [0.15, 0.2) is 5.69 Å². The number of nitrogens with zero attached hydrogens (tertiary/aromatic N) is 5. The van der Waals surface area contributed by atoms with Gasteiger partial charge in [-0.3, -0.25) is 19.2 Å². The third-order valence-corrected chi connectivity index (χ3v) is 8.00. The zero-order chi connectivity index (χ0) is 33.3. The number of amides is 4. The van der Waals surface area contributed by atoms with E-state index in [0.717, 1.165) is 16.5 Å².